The molecule has 1 aromatic carbocycles. The number of piperidine rings is 1. The number of anilines is 1. The number of ether oxygens (including phenoxy) is 1. The van der Waals surface area contributed by atoms with Gasteiger partial charge in [-0.05, 0) is 37.3 Å². The van der Waals surface area contributed by atoms with Crippen LogP contribution in [-0.2, 0) is 15.1 Å². The third-order valence-electron chi connectivity index (χ3n) is 5.62. The summed E-state index contributed by atoms with van der Waals surface area (Å²) in [4.78, 5) is 43.1. The van der Waals surface area contributed by atoms with E-state index in [0.717, 1.165) is 18.4 Å². The van der Waals surface area contributed by atoms with Crippen molar-refractivity contribution in [2.24, 2.45) is 11.7 Å². The lowest BCUT2D eigenvalue weighted by molar-refractivity contribution is -0.150. The summed E-state index contributed by atoms with van der Waals surface area (Å²) in [6, 6.07) is 11.1. The van der Waals surface area contributed by atoms with E-state index in [0.29, 0.717) is 6.54 Å². The van der Waals surface area contributed by atoms with Crippen LogP contribution in [0.15, 0.2) is 42.6 Å². The van der Waals surface area contributed by atoms with Gasteiger partial charge in [0.05, 0.1) is 24.5 Å². The summed E-state index contributed by atoms with van der Waals surface area (Å²) in [5, 5.41) is 2.53. The van der Waals surface area contributed by atoms with Crippen LogP contribution in [0.4, 0.5) is 5.69 Å². The average molecular weight is 410 g/mol. The molecule has 0 bridgehead atoms. The number of rotatable bonds is 4. The number of carbonyl (C=O) groups excluding carboxylic acids is 3. The van der Waals surface area contributed by atoms with Crippen LogP contribution < -0.4 is 15.8 Å². The van der Waals surface area contributed by atoms with Crippen molar-refractivity contribution in [2.75, 3.05) is 19.0 Å². The monoisotopic (exact) mass is 410 g/mol. The minimum Gasteiger partial charge on any atom is -0.480 e. The lowest BCUT2D eigenvalue weighted by atomic mass is 9.79. The maximum atomic E-state index is 13.2. The van der Waals surface area contributed by atoms with E-state index in [-0.39, 0.29) is 23.0 Å². The first-order valence-electron chi connectivity index (χ1n) is 9.78. The molecule has 2 aromatic rings. The quantitative estimate of drug-likeness (QED) is 0.751. The summed E-state index contributed by atoms with van der Waals surface area (Å²) in [6.45, 7) is 4.53. The Kier molecular flexibility index (Phi) is 6.05. The lowest BCUT2D eigenvalue weighted by Gasteiger charge is -2.47. The van der Waals surface area contributed by atoms with Crippen LogP contribution in [0, 0.1) is 5.92 Å². The van der Waals surface area contributed by atoms with Gasteiger partial charge >= 0.3 is 11.8 Å². The molecule has 0 saturated carbocycles. The number of nitrogens with zero attached hydrogens (tertiary/aromatic N) is 2. The molecule has 2 atom stereocenters. The molecule has 0 radical (unpaired) electrons. The van der Waals surface area contributed by atoms with Crippen LogP contribution >= 0.6 is 0 Å². The predicted molar refractivity (Wildman–Crippen MR) is 112 cm³/mol. The van der Waals surface area contributed by atoms with Gasteiger partial charge < -0.3 is 20.7 Å². The number of nitrogens with one attached hydrogen (secondary N) is 1. The van der Waals surface area contributed by atoms with Crippen molar-refractivity contribution in [1.29, 1.82) is 0 Å². The van der Waals surface area contributed by atoms with Crippen molar-refractivity contribution in [3.8, 4) is 5.88 Å². The number of methoxy groups -OCH3 is 1. The Morgan fingerprint density at radius 2 is 1.97 bits per heavy atom. The molecule has 8 nitrogen and oxygen atoms in total. The van der Waals surface area contributed by atoms with Gasteiger partial charge in [0.15, 0.2) is 0 Å². The van der Waals surface area contributed by atoms with Crippen LogP contribution in [0.25, 0.3) is 0 Å². The average Bonchev–Trinajstić information content (AvgIpc) is 2.75. The lowest BCUT2D eigenvalue weighted by Crippen LogP contribution is -2.55. The summed E-state index contributed by atoms with van der Waals surface area (Å²) in [5.41, 5.74) is 5.94. The van der Waals surface area contributed by atoms with Gasteiger partial charge in [-0.25, -0.2) is 4.98 Å². The molecule has 2 heterocycles. The largest absolute Gasteiger partial charge is 0.480 e. The maximum absolute atomic E-state index is 13.2. The summed E-state index contributed by atoms with van der Waals surface area (Å²) < 4.78 is 5.00. The number of likely N-dealkylation sites (tertiary alicyclic amines) is 1. The molecular formula is C22H26N4O4. The van der Waals surface area contributed by atoms with Gasteiger partial charge in [0.1, 0.15) is 5.56 Å². The van der Waals surface area contributed by atoms with Crippen molar-refractivity contribution in [3.63, 3.8) is 0 Å². The van der Waals surface area contributed by atoms with Crippen LogP contribution in [0.5, 0.6) is 5.88 Å². The predicted octanol–water partition coefficient (Wildman–Crippen LogP) is 2.30. The third kappa shape index (κ3) is 4.12. The Balaban J connectivity index is 1.86. The fraction of sp³-hybridized carbons (Fsp3) is 0.364. The fourth-order valence-corrected chi connectivity index (χ4v) is 3.84. The SMILES string of the molecule is COc1ncc(NC(=O)C(=O)N2C[C@@H](C)CC[C@@]2(C)c2ccccc2)cc1C(N)=O. The van der Waals surface area contributed by atoms with Gasteiger partial charge in [-0.1, -0.05) is 37.3 Å². The zero-order valence-electron chi connectivity index (χ0n) is 17.3. The van der Waals surface area contributed by atoms with Crippen LogP contribution in [-0.4, -0.2) is 41.3 Å². The fourth-order valence-electron chi connectivity index (χ4n) is 3.84. The number of hydrogen-bond acceptors (Lipinski definition) is 5. The molecule has 0 spiro atoms. The first-order valence-corrected chi connectivity index (χ1v) is 9.78. The second-order valence-electron chi connectivity index (χ2n) is 7.80. The molecule has 1 aliphatic rings. The summed E-state index contributed by atoms with van der Waals surface area (Å²) in [5.74, 6) is -1.85. The van der Waals surface area contributed by atoms with Crippen molar-refractivity contribution in [3.05, 3.63) is 53.7 Å². The molecule has 3 amide bonds. The molecule has 1 fully saturated rings. The van der Waals surface area contributed by atoms with Gasteiger partial charge in [0, 0.05) is 6.54 Å². The Morgan fingerprint density at radius 1 is 1.27 bits per heavy atom. The van der Waals surface area contributed by atoms with E-state index in [4.69, 9.17) is 10.5 Å². The molecule has 30 heavy (non-hydrogen) atoms. The van der Waals surface area contributed by atoms with Crippen LogP contribution in [0.3, 0.4) is 0 Å². The number of hydrogen-bond donors (Lipinski definition) is 2. The van der Waals surface area contributed by atoms with Crippen molar-refractivity contribution >= 4 is 23.4 Å². The number of aromatic nitrogens is 1. The number of benzene rings is 1. The molecule has 1 aliphatic heterocycles. The smallest absolute Gasteiger partial charge is 0.313 e. The number of amides is 3. The highest BCUT2D eigenvalue weighted by Crippen LogP contribution is 2.39. The standard InChI is InChI=1S/C22H26N4O4/c1-14-9-10-22(2,15-7-5-4-6-8-15)26(13-14)21(29)19(28)25-16-11-17(18(23)27)20(30-3)24-12-16/h4-8,11-12,14H,9-10,13H2,1-3H3,(H2,23,27)(H,25,28)/t14-,22-/m0/s1. The van der Waals surface area contributed by atoms with Crippen LogP contribution in [0.2, 0.25) is 0 Å². The van der Waals surface area contributed by atoms with E-state index in [1.165, 1.54) is 19.4 Å². The van der Waals surface area contributed by atoms with E-state index < -0.39 is 23.3 Å². The maximum Gasteiger partial charge on any atom is 0.313 e. The second-order valence-corrected chi connectivity index (χ2v) is 7.80. The second kappa shape index (κ2) is 8.52. The first-order chi connectivity index (χ1) is 14.3. The molecule has 3 rings (SSSR count). The van der Waals surface area contributed by atoms with E-state index in [2.05, 4.69) is 17.2 Å². The van der Waals surface area contributed by atoms with Crippen molar-refractivity contribution in [1.82, 2.24) is 9.88 Å². The van der Waals surface area contributed by atoms with E-state index >= 15 is 0 Å². The Bertz CT molecular complexity index is 963. The number of pyridine rings is 1. The normalized spacial score (nSPS) is 21.0. The molecule has 3 N–H and O–H groups in total. The number of nitrogens with two attached hydrogens (primary N) is 1. The highest BCUT2D eigenvalue weighted by Gasteiger charge is 2.42. The molecule has 158 valence electrons. The summed E-state index contributed by atoms with van der Waals surface area (Å²) in [7, 11) is 1.36. The molecule has 8 heteroatoms. The Labute approximate surface area is 175 Å². The zero-order valence-corrected chi connectivity index (χ0v) is 17.3. The van der Waals surface area contributed by atoms with E-state index in [1.54, 1.807) is 4.90 Å². The summed E-state index contributed by atoms with van der Waals surface area (Å²) >= 11 is 0. The van der Waals surface area contributed by atoms with E-state index in [9.17, 15) is 14.4 Å². The molecule has 1 aromatic heterocycles. The van der Waals surface area contributed by atoms with Crippen molar-refractivity contribution in [2.45, 2.75) is 32.2 Å². The van der Waals surface area contributed by atoms with Gasteiger partial charge in [-0.3, -0.25) is 14.4 Å². The van der Waals surface area contributed by atoms with Crippen LogP contribution in [0.1, 0.15) is 42.6 Å². The third-order valence-corrected chi connectivity index (χ3v) is 5.62. The minimum absolute atomic E-state index is 0.0171. The number of carbonyl (C=O) groups is 3. The Hall–Kier alpha value is -3.42. The zero-order chi connectivity index (χ0) is 21.9. The summed E-state index contributed by atoms with van der Waals surface area (Å²) in [6.07, 6.45) is 3.03. The molecule has 1 saturated heterocycles. The molecule has 0 aliphatic carbocycles. The molecule has 0 unspecified atom stereocenters. The Morgan fingerprint density at radius 3 is 2.60 bits per heavy atom. The van der Waals surface area contributed by atoms with E-state index in [1.807, 2.05) is 37.3 Å². The van der Waals surface area contributed by atoms with Gasteiger partial charge in [0.2, 0.25) is 5.88 Å². The van der Waals surface area contributed by atoms with Gasteiger partial charge in [-0.2, -0.15) is 0 Å². The van der Waals surface area contributed by atoms with Gasteiger partial charge in [-0.15, -0.1) is 0 Å². The first kappa shape index (κ1) is 21.3. The topological polar surface area (TPSA) is 115 Å². The highest BCUT2D eigenvalue weighted by atomic mass is 16.5. The minimum atomic E-state index is -0.798. The van der Waals surface area contributed by atoms with Crippen molar-refractivity contribution < 1.29 is 19.1 Å². The number of primary amides is 1. The van der Waals surface area contributed by atoms with Gasteiger partial charge in [0.25, 0.3) is 5.91 Å². The molecular weight excluding hydrogens is 384 g/mol. The highest BCUT2D eigenvalue weighted by molar-refractivity contribution is 6.39.